The number of amides is 1. The molecule has 2 aromatic rings. The van der Waals surface area contributed by atoms with Gasteiger partial charge in [0, 0.05) is 5.56 Å². The first-order valence-electron chi connectivity index (χ1n) is 5.60. The molecular formula is C14H12F2N2O. The van der Waals surface area contributed by atoms with Crippen LogP contribution in [0.4, 0.5) is 20.2 Å². The van der Waals surface area contributed by atoms with E-state index in [4.69, 9.17) is 5.73 Å². The first-order valence-corrected chi connectivity index (χ1v) is 5.60. The summed E-state index contributed by atoms with van der Waals surface area (Å²) in [7, 11) is 0. The molecule has 0 unspecified atom stereocenters. The zero-order valence-electron chi connectivity index (χ0n) is 10.2. The Morgan fingerprint density at radius 3 is 2.47 bits per heavy atom. The molecule has 0 radical (unpaired) electrons. The Kier molecular flexibility index (Phi) is 3.46. The molecule has 2 aromatic carbocycles. The van der Waals surface area contributed by atoms with Gasteiger partial charge in [-0.1, -0.05) is 6.07 Å². The summed E-state index contributed by atoms with van der Waals surface area (Å²) >= 11 is 0. The van der Waals surface area contributed by atoms with E-state index in [0.717, 1.165) is 11.6 Å². The van der Waals surface area contributed by atoms with Crippen molar-refractivity contribution in [3.63, 3.8) is 0 Å². The highest BCUT2D eigenvalue weighted by molar-refractivity contribution is 6.04. The molecule has 0 bridgehead atoms. The van der Waals surface area contributed by atoms with Gasteiger partial charge in [0.15, 0.2) is 0 Å². The first-order chi connectivity index (χ1) is 8.97. The molecule has 0 fully saturated rings. The molecule has 0 aliphatic heterocycles. The van der Waals surface area contributed by atoms with Crippen molar-refractivity contribution in [2.75, 3.05) is 11.1 Å². The highest BCUT2D eigenvalue weighted by atomic mass is 19.1. The fourth-order valence-electron chi connectivity index (χ4n) is 1.60. The summed E-state index contributed by atoms with van der Waals surface area (Å²) in [6.07, 6.45) is 0. The molecule has 0 saturated heterocycles. The van der Waals surface area contributed by atoms with Gasteiger partial charge in [-0.3, -0.25) is 4.79 Å². The smallest absolute Gasteiger partial charge is 0.255 e. The normalized spacial score (nSPS) is 10.3. The maximum atomic E-state index is 13.6. The molecule has 98 valence electrons. The quantitative estimate of drug-likeness (QED) is 0.817. The lowest BCUT2D eigenvalue weighted by Crippen LogP contribution is -2.13. The van der Waals surface area contributed by atoms with Gasteiger partial charge in [0.2, 0.25) is 0 Å². The minimum absolute atomic E-state index is 0.0681. The lowest BCUT2D eigenvalue weighted by Gasteiger charge is -2.07. The molecule has 3 nitrogen and oxygen atoms in total. The van der Waals surface area contributed by atoms with Gasteiger partial charge in [0.1, 0.15) is 11.6 Å². The van der Waals surface area contributed by atoms with Crippen LogP contribution in [-0.2, 0) is 0 Å². The Hall–Kier alpha value is -2.43. The molecule has 0 heterocycles. The highest BCUT2D eigenvalue weighted by Crippen LogP contribution is 2.18. The average Bonchev–Trinajstić information content (AvgIpc) is 2.36. The Bertz CT molecular complexity index is 641. The van der Waals surface area contributed by atoms with Crippen molar-refractivity contribution in [2.24, 2.45) is 0 Å². The summed E-state index contributed by atoms with van der Waals surface area (Å²) in [5, 5.41) is 2.41. The second-order valence-corrected chi connectivity index (χ2v) is 4.17. The van der Waals surface area contributed by atoms with E-state index < -0.39 is 17.5 Å². The molecule has 0 atom stereocenters. The second kappa shape index (κ2) is 5.06. The lowest BCUT2D eigenvalue weighted by atomic mass is 10.1. The number of nitrogens with two attached hydrogens (primary N) is 1. The lowest BCUT2D eigenvalue weighted by molar-refractivity contribution is 0.102. The molecule has 0 aliphatic carbocycles. The molecule has 0 aliphatic rings. The summed E-state index contributed by atoms with van der Waals surface area (Å²) in [5.74, 6) is -1.67. The van der Waals surface area contributed by atoms with E-state index in [1.165, 1.54) is 24.3 Å². The standard InChI is InChI=1S/C14H12F2N2O/c1-8-2-5-13(11(16)6-8)18-14(19)9-3-4-10(15)12(17)7-9/h2-7H,17H2,1H3,(H,18,19). The maximum Gasteiger partial charge on any atom is 0.255 e. The zero-order chi connectivity index (χ0) is 14.0. The predicted molar refractivity (Wildman–Crippen MR) is 69.9 cm³/mol. The van der Waals surface area contributed by atoms with E-state index in [0.29, 0.717) is 0 Å². The molecule has 3 N–H and O–H groups in total. The van der Waals surface area contributed by atoms with Crippen molar-refractivity contribution < 1.29 is 13.6 Å². The Balaban J connectivity index is 2.23. The van der Waals surface area contributed by atoms with Gasteiger partial charge in [0.05, 0.1) is 11.4 Å². The second-order valence-electron chi connectivity index (χ2n) is 4.17. The minimum atomic E-state index is -0.599. The van der Waals surface area contributed by atoms with Crippen LogP contribution in [0, 0.1) is 18.6 Å². The van der Waals surface area contributed by atoms with Crippen molar-refractivity contribution in [3.8, 4) is 0 Å². The van der Waals surface area contributed by atoms with Gasteiger partial charge in [-0.15, -0.1) is 0 Å². The monoisotopic (exact) mass is 262 g/mol. The van der Waals surface area contributed by atoms with Crippen molar-refractivity contribution in [1.29, 1.82) is 0 Å². The maximum absolute atomic E-state index is 13.6. The summed E-state index contributed by atoms with van der Waals surface area (Å²) < 4.78 is 26.6. The van der Waals surface area contributed by atoms with Crippen LogP contribution >= 0.6 is 0 Å². The van der Waals surface area contributed by atoms with Crippen LogP contribution < -0.4 is 11.1 Å². The Labute approximate surface area is 109 Å². The number of halogens is 2. The van der Waals surface area contributed by atoms with Gasteiger partial charge in [-0.25, -0.2) is 8.78 Å². The van der Waals surface area contributed by atoms with Crippen LogP contribution in [0.1, 0.15) is 15.9 Å². The van der Waals surface area contributed by atoms with E-state index >= 15 is 0 Å². The van der Waals surface area contributed by atoms with Crippen molar-refractivity contribution in [1.82, 2.24) is 0 Å². The average molecular weight is 262 g/mol. The Morgan fingerprint density at radius 2 is 1.84 bits per heavy atom. The molecule has 1 amide bonds. The number of hydrogen-bond donors (Lipinski definition) is 2. The zero-order valence-corrected chi connectivity index (χ0v) is 10.2. The van der Waals surface area contributed by atoms with Gasteiger partial charge in [-0.2, -0.15) is 0 Å². The fourth-order valence-corrected chi connectivity index (χ4v) is 1.60. The Morgan fingerprint density at radius 1 is 1.11 bits per heavy atom. The molecule has 0 aromatic heterocycles. The number of carbonyl (C=O) groups is 1. The van der Waals surface area contributed by atoms with Crippen LogP contribution in [0.2, 0.25) is 0 Å². The van der Waals surface area contributed by atoms with E-state index in [2.05, 4.69) is 5.32 Å². The van der Waals surface area contributed by atoms with Gasteiger partial charge in [-0.05, 0) is 42.8 Å². The van der Waals surface area contributed by atoms with Gasteiger partial charge in [0.25, 0.3) is 5.91 Å². The van der Waals surface area contributed by atoms with Gasteiger partial charge < -0.3 is 11.1 Å². The van der Waals surface area contributed by atoms with E-state index in [9.17, 15) is 13.6 Å². The van der Waals surface area contributed by atoms with Crippen LogP contribution in [0.15, 0.2) is 36.4 Å². The van der Waals surface area contributed by atoms with Crippen LogP contribution in [0.25, 0.3) is 0 Å². The summed E-state index contributed by atoms with van der Waals surface area (Å²) in [6.45, 7) is 1.75. The summed E-state index contributed by atoms with van der Waals surface area (Å²) in [5.41, 5.74) is 6.23. The van der Waals surface area contributed by atoms with Crippen molar-refractivity contribution in [2.45, 2.75) is 6.92 Å². The molecule has 5 heteroatoms. The largest absolute Gasteiger partial charge is 0.396 e. The topological polar surface area (TPSA) is 55.1 Å². The van der Waals surface area contributed by atoms with Crippen molar-refractivity contribution in [3.05, 3.63) is 59.2 Å². The molecule has 2 rings (SSSR count). The molecule has 19 heavy (non-hydrogen) atoms. The van der Waals surface area contributed by atoms with E-state index in [1.54, 1.807) is 13.0 Å². The van der Waals surface area contributed by atoms with Gasteiger partial charge >= 0.3 is 0 Å². The van der Waals surface area contributed by atoms with Crippen LogP contribution in [-0.4, -0.2) is 5.91 Å². The predicted octanol–water partition coefficient (Wildman–Crippen LogP) is 3.11. The number of rotatable bonds is 2. The molecule has 0 saturated carbocycles. The summed E-state index contributed by atoms with van der Waals surface area (Å²) in [6, 6.07) is 8.04. The molecule has 0 spiro atoms. The fraction of sp³-hybridized carbons (Fsp3) is 0.0714. The third-order valence-corrected chi connectivity index (χ3v) is 2.63. The van der Waals surface area contributed by atoms with Crippen LogP contribution in [0.5, 0.6) is 0 Å². The number of anilines is 2. The number of aryl methyl sites for hydroxylation is 1. The number of nitrogen functional groups attached to an aromatic ring is 1. The minimum Gasteiger partial charge on any atom is -0.396 e. The SMILES string of the molecule is Cc1ccc(NC(=O)c2ccc(F)c(N)c2)c(F)c1. The number of nitrogens with one attached hydrogen (secondary N) is 1. The third-order valence-electron chi connectivity index (χ3n) is 2.63. The highest BCUT2D eigenvalue weighted by Gasteiger charge is 2.11. The molecular weight excluding hydrogens is 250 g/mol. The van der Waals surface area contributed by atoms with E-state index in [-0.39, 0.29) is 16.9 Å². The van der Waals surface area contributed by atoms with Crippen LogP contribution in [0.3, 0.4) is 0 Å². The van der Waals surface area contributed by atoms with Crippen molar-refractivity contribution >= 4 is 17.3 Å². The van der Waals surface area contributed by atoms with E-state index in [1.807, 2.05) is 0 Å². The number of hydrogen-bond acceptors (Lipinski definition) is 2. The summed E-state index contributed by atoms with van der Waals surface area (Å²) in [4.78, 5) is 11.9. The third kappa shape index (κ3) is 2.88. The number of carbonyl (C=O) groups excluding carboxylic acids is 1. The first kappa shape index (κ1) is 13.0. The number of benzene rings is 2.